The minimum atomic E-state index is -1.26. The molecule has 1 amide bonds. The fraction of sp³-hybridized carbons (Fsp3) is 0.562. The van der Waals surface area contributed by atoms with Gasteiger partial charge >= 0.3 is 18.9 Å². The largest absolute Gasteiger partial charge is 1.00 e. The van der Waals surface area contributed by atoms with Crippen LogP contribution in [0.2, 0.25) is 0 Å². The van der Waals surface area contributed by atoms with Gasteiger partial charge in [-0.25, -0.2) is 0 Å². The molecule has 2 aromatic carbocycles. The molecule has 1 fully saturated rings. The van der Waals surface area contributed by atoms with Crippen LogP contribution < -0.4 is 29.3 Å². The third kappa shape index (κ3) is 10.7. The van der Waals surface area contributed by atoms with E-state index in [4.69, 9.17) is 4.74 Å². The van der Waals surface area contributed by atoms with Gasteiger partial charge in [-0.05, 0) is 78.5 Å². The number of aliphatic carboxylic acids is 1. The molecule has 5 nitrogen and oxygen atoms in total. The van der Waals surface area contributed by atoms with E-state index in [2.05, 4.69) is 12.2 Å². The molecule has 0 aromatic heterocycles. The van der Waals surface area contributed by atoms with Crippen molar-refractivity contribution >= 4 is 23.6 Å². The van der Waals surface area contributed by atoms with Crippen LogP contribution in [0.1, 0.15) is 92.6 Å². The third-order valence-electron chi connectivity index (χ3n) is 7.65. The smallest absolute Gasteiger partial charge is 0.548 e. The van der Waals surface area contributed by atoms with Crippen molar-refractivity contribution in [3.63, 3.8) is 0 Å². The number of thioether (sulfide) groups is 1. The fourth-order valence-electron chi connectivity index (χ4n) is 5.41. The van der Waals surface area contributed by atoms with E-state index >= 15 is 0 Å². The number of carboxylic acids is 1. The quantitative estimate of drug-likeness (QED) is 0.348. The van der Waals surface area contributed by atoms with E-state index in [0.717, 1.165) is 47.4 Å². The second-order valence-electron chi connectivity index (χ2n) is 10.6. The van der Waals surface area contributed by atoms with Gasteiger partial charge in [0.1, 0.15) is 0 Å². The monoisotopic (exact) mass is 545 g/mol. The topological polar surface area (TPSA) is 78.5 Å². The van der Waals surface area contributed by atoms with Gasteiger partial charge in [0.2, 0.25) is 0 Å². The Morgan fingerprint density at radius 2 is 1.82 bits per heavy atom. The van der Waals surface area contributed by atoms with Crippen molar-refractivity contribution in [2.45, 2.75) is 96.8 Å². The Morgan fingerprint density at radius 3 is 2.49 bits per heavy atom. The minimum Gasteiger partial charge on any atom is -0.548 e. The first-order valence-electron chi connectivity index (χ1n) is 14.2. The first-order valence-corrected chi connectivity index (χ1v) is 15.6. The van der Waals surface area contributed by atoms with Crippen molar-refractivity contribution in [1.82, 2.24) is 5.32 Å². The number of carboxylic acid groups (broad SMARTS) is 1. The molecule has 7 heteroatoms. The van der Waals surface area contributed by atoms with Gasteiger partial charge in [-0.3, -0.25) is 4.79 Å². The molecule has 0 heterocycles. The van der Waals surface area contributed by atoms with Gasteiger partial charge in [0, 0.05) is 5.56 Å². The predicted molar refractivity (Wildman–Crippen MR) is 155 cm³/mol. The molecule has 1 N–H and O–H groups in total. The van der Waals surface area contributed by atoms with E-state index in [1.54, 1.807) is 17.8 Å². The Balaban J connectivity index is 0.00000533. The number of ether oxygens (including phenoxy) is 1. The summed E-state index contributed by atoms with van der Waals surface area (Å²) in [6.45, 7) is 4.74. The van der Waals surface area contributed by atoms with Crippen LogP contribution in [0.5, 0.6) is 0 Å². The predicted octanol–water partition coefficient (Wildman–Crippen LogP) is 3.31. The molecular weight excluding hydrogens is 501 g/mol. The van der Waals surface area contributed by atoms with Gasteiger partial charge in [-0.15, -0.1) is 0 Å². The molecule has 1 unspecified atom stereocenters. The fourth-order valence-corrected chi connectivity index (χ4v) is 5.88. The van der Waals surface area contributed by atoms with Crippen LogP contribution in [0.15, 0.2) is 42.5 Å². The van der Waals surface area contributed by atoms with Crippen molar-refractivity contribution < 1.29 is 38.3 Å². The first-order chi connectivity index (χ1) is 18.4. The molecule has 1 aliphatic rings. The average Bonchev–Trinajstić information content (AvgIpc) is 2.93. The van der Waals surface area contributed by atoms with Crippen molar-refractivity contribution in [3.05, 3.63) is 59.2 Å². The number of nitrogens with one attached hydrogen (secondary N) is 1. The van der Waals surface area contributed by atoms with Crippen LogP contribution in [-0.4, -0.2) is 36.0 Å². The van der Waals surface area contributed by atoms with Crippen LogP contribution >= 0.6 is 11.8 Å². The van der Waals surface area contributed by atoms with Crippen LogP contribution in [0.25, 0.3) is 11.1 Å². The van der Waals surface area contributed by atoms with Crippen LogP contribution in [-0.2, 0) is 16.1 Å². The van der Waals surface area contributed by atoms with E-state index in [1.165, 1.54) is 38.5 Å². The van der Waals surface area contributed by atoms with Gasteiger partial charge in [0.25, 0.3) is 5.91 Å². The maximum absolute atomic E-state index is 13.3. The zero-order valence-electron chi connectivity index (χ0n) is 24.3. The molecule has 1 saturated carbocycles. The normalized spacial score (nSPS) is 15.3. The maximum Gasteiger partial charge on any atom is 1.00 e. The molecule has 3 rings (SSSR count). The first kappa shape index (κ1) is 33.5. The van der Waals surface area contributed by atoms with Gasteiger partial charge in [-0.1, -0.05) is 82.2 Å². The molecule has 0 bridgehead atoms. The second-order valence-corrected chi connectivity index (χ2v) is 11.6. The number of amides is 1. The summed E-state index contributed by atoms with van der Waals surface area (Å²) < 4.78 is 6.51. The Labute approximate surface area is 251 Å². The molecule has 1 aliphatic carbocycles. The summed E-state index contributed by atoms with van der Waals surface area (Å²) in [6.07, 6.45) is 13.7. The molecule has 2 atom stereocenters. The molecule has 0 aliphatic heterocycles. The molecule has 0 spiro atoms. The Bertz CT molecular complexity index is 1040. The van der Waals surface area contributed by atoms with E-state index in [-0.39, 0.29) is 25.0 Å². The zero-order chi connectivity index (χ0) is 27.3. The summed E-state index contributed by atoms with van der Waals surface area (Å²) >= 11 is 1.54. The van der Waals surface area contributed by atoms with E-state index in [0.29, 0.717) is 24.3 Å². The van der Waals surface area contributed by atoms with E-state index in [1.807, 2.05) is 49.6 Å². The van der Waals surface area contributed by atoms with Crippen molar-refractivity contribution in [3.8, 4) is 11.1 Å². The summed E-state index contributed by atoms with van der Waals surface area (Å²) in [5, 5.41) is 14.3. The number of aryl methyl sites for hydroxylation is 1. The number of carbonyl (C=O) groups excluding carboxylic acids is 2. The van der Waals surface area contributed by atoms with Crippen LogP contribution in [0, 0.1) is 12.8 Å². The van der Waals surface area contributed by atoms with E-state index < -0.39 is 17.9 Å². The van der Waals surface area contributed by atoms with Crippen LogP contribution in [0.3, 0.4) is 0 Å². The van der Waals surface area contributed by atoms with Crippen molar-refractivity contribution in [1.29, 1.82) is 0 Å². The summed E-state index contributed by atoms with van der Waals surface area (Å²) in [7, 11) is 0. The second kappa shape index (κ2) is 17.9. The van der Waals surface area contributed by atoms with Crippen LogP contribution in [0.4, 0.5) is 0 Å². The number of unbranched alkanes of at least 4 members (excludes halogenated alkanes) is 1. The number of hydrogen-bond donors (Lipinski definition) is 1. The van der Waals surface area contributed by atoms with Gasteiger partial charge in [0.05, 0.1) is 24.7 Å². The van der Waals surface area contributed by atoms with Crippen molar-refractivity contribution in [2.75, 3.05) is 12.0 Å². The SMILES string of the molecule is CCCCC(CC1CCCCC1)OCc1ccc(C(=O)N[C@@H](CCSC)C(=O)[O-])c(-c2ccccc2C)c1.[Li+]. The van der Waals surface area contributed by atoms with Gasteiger partial charge in [0.15, 0.2) is 0 Å². The van der Waals surface area contributed by atoms with Gasteiger partial charge in [-0.2, -0.15) is 11.8 Å². The van der Waals surface area contributed by atoms with Crippen molar-refractivity contribution in [2.24, 2.45) is 5.92 Å². The Morgan fingerprint density at radius 1 is 1.08 bits per heavy atom. The molecule has 208 valence electrons. The molecule has 0 radical (unpaired) electrons. The zero-order valence-corrected chi connectivity index (χ0v) is 25.1. The molecule has 39 heavy (non-hydrogen) atoms. The molecular formula is C32H44LiNO4S. The molecule has 2 aromatic rings. The number of rotatable bonds is 15. The number of hydrogen-bond acceptors (Lipinski definition) is 5. The average molecular weight is 546 g/mol. The van der Waals surface area contributed by atoms with Gasteiger partial charge < -0.3 is 20.0 Å². The summed E-state index contributed by atoms with van der Waals surface area (Å²) in [6, 6.07) is 12.7. The minimum absolute atomic E-state index is 0. The third-order valence-corrected chi connectivity index (χ3v) is 8.29. The Hall–Kier alpha value is -1.71. The number of benzene rings is 2. The Kier molecular flexibility index (Phi) is 15.3. The van der Waals surface area contributed by atoms with E-state index in [9.17, 15) is 14.7 Å². The standard InChI is InChI=1S/C32H45NO4S.Li/c1-4-5-14-26(20-24-12-7-6-8-13-24)37-22-25-16-17-28(29(21-25)27-15-10-9-11-23(27)2)31(34)33-30(32(35)36)18-19-38-3;/h9-11,15-17,21,24,26,30H,4-8,12-14,18-20,22H2,1-3H3,(H,33,34)(H,35,36);/q;+1/p-1/t26?,30-;/m0./s1. The maximum atomic E-state index is 13.3. The summed E-state index contributed by atoms with van der Waals surface area (Å²) in [5.74, 6) is -0.267. The summed E-state index contributed by atoms with van der Waals surface area (Å²) in [4.78, 5) is 25.0. The molecule has 0 saturated heterocycles. The number of carbonyl (C=O) groups is 2. The summed E-state index contributed by atoms with van der Waals surface area (Å²) in [5.41, 5.74) is 4.28.